The summed E-state index contributed by atoms with van der Waals surface area (Å²) in [4.78, 5) is 0. The van der Waals surface area contributed by atoms with E-state index in [4.69, 9.17) is 0 Å². The van der Waals surface area contributed by atoms with Crippen LogP contribution in [0.2, 0.25) is 0 Å². The molecule has 2 unspecified atom stereocenters. The van der Waals surface area contributed by atoms with Crippen molar-refractivity contribution < 1.29 is 0 Å². The molecule has 0 amide bonds. The molecule has 0 nitrogen and oxygen atoms in total. The standard InChI is InChI=1S/C38H34/c1-21-7-13-29-31-19-36-32(20-35(31)37(33(29)15-21)27-11-9-23(3)25(5)17-27)30-14-8-22(2)16-34(30)38(36)28-12-10-24(4)26(6)18-28/h7-20,37-38H,1-6H3. The van der Waals surface area contributed by atoms with Crippen LogP contribution in [-0.4, -0.2) is 0 Å². The van der Waals surface area contributed by atoms with Gasteiger partial charge in [0.05, 0.1) is 0 Å². The lowest BCUT2D eigenvalue weighted by atomic mass is 9.84. The van der Waals surface area contributed by atoms with Crippen molar-refractivity contribution in [2.24, 2.45) is 0 Å². The third-order valence-electron chi connectivity index (χ3n) is 9.19. The van der Waals surface area contributed by atoms with Gasteiger partial charge in [0.15, 0.2) is 0 Å². The summed E-state index contributed by atoms with van der Waals surface area (Å²) in [7, 11) is 0. The minimum Gasteiger partial charge on any atom is -0.0588 e. The van der Waals surface area contributed by atoms with Crippen LogP contribution in [0.15, 0.2) is 84.9 Å². The summed E-state index contributed by atoms with van der Waals surface area (Å²) >= 11 is 0. The highest BCUT2D eigenvalue weighted by Crippen LogP contribution is 2.55. The Hall–Kier alpha value is -3.90. The maximum Gasteiger partial charge on any atom is 0.0352 e. The third-order valence-corrected chi connectivity index (χ3v) is 9.19. The average Bonchev–Trinajstić information content (AvgIpc) is 3.37. The molecule has 0 fully saturated rings. The minimum atomic E-state index is 0.263. The first-order valence-electron chi connectivity index (χ1n) is 13.8. The first-order valence-corrected chi connectivity index (χ1v) is 13.8. The summed E-state index contributed by atoms with van der Waals surface area (Å²) < 4.78 is 0. The smallest absolute Gasteiger partial charge is 0.0352 e. The van der Waals surface area contributed by atoms with E-state index in [0.29, 0.717) is 0 Å². The van der Waals surface area contributed by atoms with E-state index in [1.54, 1.807) is 0 Å². The van der Waals surface area contributed by atoms with Crippen LogP contribution in [-0.2, 0) is 0 Å². The predicted octanol–water partition coefficient (Wildman–Crippen LogP) is 9.86. The SMILES string of the molecule is Cc1ccc2c(c1)C(c1ccc(C)c(C)c1)c1cc3c(cc1-2)C(c1ccc(C)c(C)c1)c1cc(C)ccc1-3. The van der Waals surface area contributed by atoms with E-state index in [0.717, 1.165) is 0 Å². The fourth-order valence-electron chi connectivity index (χ4n) is 6.85. The molecule has 0 aromatic heterocycles. The zero-order valence-corrected chi connectivity index (χ0v) is 23.2. The van der Waals surface area contributed by atoms with Crippen LogP contribution in [0, 0.1) is 41.5 Å². The molecule has 0 heterocycles. The van der Waals surface area contributed by atoms with E-state index in [-0.39, 0.29) is 11.8 Å². The maximum absolute atomic E-state index is 2.54. The molecule has 186 valence electrons. The highest BCUT2D eigenvalue weighted by Gasteiger charge is 2.36. The van der Waals surface area contributed by atoms with E-state index in [1.165, 1.54) is 89.0 Å². The van der Waals surface area contributed by atoms with Crippen molar-refractivity contribution in [3.05, 3.63) is 152 Å². The lowest BCUT2D eigenvalue weighted by molar-refractivity contribution is 0.992. The van der Waals surface area contributed by atoms with Gasteiger partial charge in [-0.1, -0.05) is 83.9 Å². The van der Waals surface area contributed by atoms with Crippen LogP contribution in [0.4, 0.5) is 0 Å². The van der Waals surface area contributed by atoms with Crippen LogP contribution in [0.1, 0.15) is 78.6 Å². The molecule has 2 aliphatic rings. The van der Waals surface area contributed by atoms with E-state index in [2.05, 4.69) is 126 Å². The molecule has 0 spiro atoms. The molecule has 0 saturated carbocycles. The van der Waals surface area contributed by atoms with Gasteiger partial charge in [-0.15, -0.1) is 0 Å². The number of fused-ring (bicyclic) bond motifs is 6. The normalized spacial score (nSPS) is 16.7. The number of aryl methyl sites for hydroxylation is 6. The Kier molecular flexibility index (Phi) is 5.08. The van der Waals surface area contributed by atoms with Crippen LogP contribution in [0.5, 0.6) is 0 Å². The molecular weight excluding hydrogens is 456 g/mol. The van der Waals surface area contributed by atoms with Crippen molar-refractivity contribution in [3.8, 4) is 22.3 Å². The van der Waals surface area contributed by atoms with E-state index >= 15 is 0 Å². The fraction of sp³-hybridized carbons (Fsp3) is 0.211. The molecule has 0 bridgehead atoms. The van der Waals surface area contributed by atoms with Gasteiger partial charge in [0, 0.05) is 11.8 Å². The van der Waals surface area contributed by atoms with Gasteiger partial charge in [-0.3, -0.25) is 0 Å². The lowest BCUT2D eigenvalue weighted by Gasteiger charge is -2.19. The quantitative estimate of drug-likeness (QED) is 0.226. The van der Waals surface area contributed by atoms with Crippen molar-refractivity contribution in [2.75, 3.05) is 0 Å². The predicted molar refractivity (Wildman–Crippen MR) is 161 cm³/mol. The van der Waals surface area contributed by atoms with Crippen LogP contribution >= 0.6 is 0 Å². The van der Waals surface area contributed by atoms with Crippen molar-refractivity contribution >= 4 is 0 Å². The Morgan fingerprint density at radius 3 is 1.13 bits per heavy atom. The van der Waals surface area contributed by atoms with Gasteiger partial charge in [0.2, 0.25) is 0 Å². The van der Waals surface area contributed by atoms with Gasteiger partial charge in [-0.05, 0) is 132 Å². The molecule has 38 heavy (non-hydrogen) atoms. The zero-order chi connectivity index (χ0) is 26.3. The van der Waals surface area contributed by atoms with Crippen molar-refractivity contribution in [1.82, 2.24) is 0 Å². The summed E-state index contributed by atoms with van der Waals surface area (Å²) in [6, 6.07) is 33.2. The van der Waals surface area contributed by atoms with Gasteiger partial charge in [0.25, 0.3) is 0 Å². The molecule has 5 aromatic carbocycles. The minimum absolute atomic E-state index is 0.263. The molecular formula is C38H34. The molecule has 2 aliphatic carbocycles. The second kappa shape index (κ2) is 8.30. The molecule has 0 radical (unpaired) electrons. The Morgan fingerprint density at radius 2 is 0.737 bits per heavy atom. The number of benzene rings is 5. The molecule has 0 saturated heterocycles. The molecule has 0 heteroatoms. The highest BCUT2D eigenvalue weighted by molar-refractivity contribution is 5.89. The van der Waals surface area contributed by atoms with Gasteiger partial charge < -0.3 is 0 Å². The van der Waals surface area contributed by atoms with Crippen LogP contribution in [0.25, 0.3) is 22.3 Å². The Labute approximate surface area is 227 Å². The Bertz CT molecular complexity index is 1650. The van der Waals surface area contributed by atoms with E-state index < -0.39 is 0 Å². The second-order valence-corrected chi connectivity index (χ2v) is 11.8. The second-order valence-electron chi connectivity index (χ2n) is 11.8. The molecule has 5 aromatic rings. The number of hydrogen-bond donors (Lipinski definition) is 0. The number of hydrogen-bond acceptors (Lipinski definition) is 0. The topological polar surface area (TPSA) is 0 Å². The fourth-order valence-corrected chi connectivity index (χ4v) is 6.85. The molecule has 0 aliphatic heterocycles. The third kappa shape index (κ3) is 3.36. The first-order chi connectivity index (χ1) is 18.3. The summed E-state index contributed by atoms with van der Waals surface area (Å²) in [6.45, 7) is 13.3. The molecule has 2 atom stereocenters. The maximum atomic E-state index is 2.54. The summed E-state index contributed by atoms with van der Waals surface area (Å²) in [5.74, 6) is 0.526. The zero-order valence-electron chi connectivity index (χ0n) is 23.2. The first kappa shape index (κ1) is 23.2. The Balaban J connectivity index is 1.51. The number of rotatable bonds is 2. The van der Waals surface area contributed by atoms with E-state index in [9.17, 15) is 0 Å². The molecule has 7 rings (SSSR count). The van der Waals surface area contributed by atoms with Crippen LogP contribution in [0.3, 0.4) is 0 Å². The van der Waals surface area contributed by atoms with Crippen LogP contribution < -0.4 is 0 Å². The largest absolute Gasteiger partial charge is 0.0588 e. The van der Waals surface area contributed by atoms with Crippen molar-refractivity contribution in [3.63, 3.8) is 0 Å². The van der Waals surface area contributed by atoms with E-state index in [1.807, 2.05) is 0 Å². The summed E-state index contributed by atoms with van der Waals surface area (Å²) in [5, 5.41) is 0. The van der Waals surface area contributed by atoms with Gasteiger partial charge >= 0.3 is 0 Å². The monoisotopic (exact) mass is 490 g/mol. The van der Waals surface area contributed by atoms with Crippen molar-refractivity contribution in [1.29, 1.82) is 0 Å². The summed E-state index contributed by atoms with van der Waals surface area (Å²) in [5.41, 5.74) is 22.2. The van der Waals surface area contributed by atoms with Gasteiger partial charge in [-0.2, -0.15) is 0 Å². The Morgan fingerprint density at radius 1 is 0.342 bits per heavy atom. The lowest BCUT2D eigenvalue weighted by Crippen LogP contribution is -2.02. The average molecular weight is 491 g/mol. The highest BCUT2D eigenvalue weighted by atomic mass is 14.4. The summed E-state index contributed by atoms with van der Waals surface area (Å²) in [6.07, 6.45) is 0. The van der Waals surface area contributed by atoms with Crippen molar-refractivity contribution in [2.45, 2.75) is 53.4 Å². The van der Waals surface area contributed by atoms with Gasteiger partial charge in [-0.25, -0.2) is 0 Å². The molecule has 0 N–H and O–H groups in total. The van der Waals surface area contributed by atoms with Gasteiger partial charge in [0.1, 0.15) is 0 Å².